The van der Waals surface area contributed by atoms with Crippen LogP contribution in [0.4, 0.5) is 5.95 Å². The van der Waals surface area contributed by atoms with Crippen LogP contribution in [-0.2, 0) is 23.6 Å². The molecular formula is C15H16N6O2S. The smallest absolute Gasteiger partial charge is 0.256 e. The van der Waals surface area contributed by atoms with Gasteiger partial charge in [0.05, 0.1) is 6.20 Å². The Bertz CT molecular complexity index is 977. The third-order valence-electron chi connectivity index (χ3n) is 3.97. The highest BCUT2D eigenvalue weighted by Crippen LogP contribution is 2.28. The van der Waals surface area contributed by atoms with E-state index >= 15 is 0 Å². The molecule has 0 fully saturated rings. The Morgan fingerprint density at radius 1 is 1.08 bits per heavy atom. The molecule has 124 valence electrons. The highest BCUT2D eigenvalue weighted by Gasteiger charge is 2.33. The van der Waals surface area contributed by atoms with Gasteiger partial charge in [0.1, 0.15) is 0 Å². The maximum Gasteiger partial charge on any atom is 0.283 e. The van der Waals surface area contributed by atoms with Crippen molar-refractivity contribution in [1.29, 1.82) is 0 Å². The second-order valence-electron chi connectivity index (χ2n) is 5.55. The van der Waals surface area contributed by atoms with E-state index in [1.165, 1.54) is 21.3 Å². The molecule has 0 amide bonds. The van der Waals surface area contributed by atoms with Crippen LogP contribution < -0.4 is 4.31 Å². The zero-order valence-corrected chi connectivity index (χ0v) is 13.9. The number of aryl methyl sites for hydroxylation is 2. The number of aromatic nitrogens is 5. The van der Waals surface area contributed by atoms with Crippen molar-refractivity contribution in [1.82, 2.24) is 24.5 Å². The van der Waals surface area contributed by atoms with Crippen LogP contribution in [0.1, 0.15) is 6.42 Å². The Kier molecular flexibility index (Phi) is 3.38. The number of hydrogen-bond donors (Lipinski definition) is 0. The van der Waals surface area contributed by atoms with Crippen LogP contribution in [0.3, 0.4) is 0 Å². The van der Waals surface area contributed by atoms with Gasteiger partial charge in [0.25, 0.3) is 10.0 Å². The molecule has 8 nitrogen and oxygen atoms in total. The third-order valence-corrected chi connectivity index (χ3v) is 5.82. The first-order valence-electron chi connectivity index (χ1n) is 7.58. The lowest BCUT2D eigenvalue weighted by Gasteiger charge is -2.26. The lowest BCUT2D eigenvalue weighted by molar-refractivity contribution is 0.524. The van der Waals surface area contributed by atoms with E-state index < -0.39 is 10.0 Å². The molecule has 24 heavy (non-hydrogen) atoms. The van der Waals surface area contributed by atoms with Gasteiger partial charge in [-0.25, -0.2) is 8.99 Å². The first-order chi connectivity index (χ1) is 11.6. The summed E-state index contributed by atoms with van der Waals surface area (Å²) in [5, 5.41) is 8.56. The standard InChI is InChI=1S/C15H16N6O2S/c1-19-13(8-9-16-19)24(22,23)21-11-5-10-20-15(21)17-14(18-20)12-6-3-2-4-7-12/h2-4,6-9H,5,10-11H2,1H3. The summed E-state index contributed by atoms with van der Waals surface area (Å²) in [6.45, 7) is 1.02. The second-order valence-corrected chi connectivity index (χ2v) is 7.36. The van der Waals surface area contributed by atoms with Crippen molar-refractivity contribution in [3.05, 3.63) is 42.6 Å². The largest absolute Gasteiger partial charge is 0.283 e. The molecule has 3 heterocycles. The zero-order valence-electron chi connectivity index (χ0n) is 13.1. The van der Waals surface area contributed by atoms with Crippen molar-refractivity contribution in [3.8, 4) is 11.4 Å². The van der Waals surface area contributed by atoms with E-state index in [2.05, 4.69) is 15.2 Å². The van der Waals surface area contributed by atoms with Crippen LogP contribution in [0.2, 0.25) is 0 Å². The number of sulfonamides is 1. The van der Waals surface area contributed by atoms with Crippen molar-refractivity contribution < 1.29 is 8.42 Å². The Hall–Kier alpha value is -2.68. The fourth-order valence-electron chi connectivity index (χ4n) is 2.80. The molecule has 0 N–H and O–H groups in total. The summed E-state index contributed by atoms with van der Waals surface area (Å²) in [6.07, 6.45) is 2.15. The molecule has 1 aliphatic rings. The normalized spacial score (nSPS) is 14.6. The minimum Gasteiger partial charge on any atom is -0.256 e. The van der Waals surface area contributed by atoms with Crippen LogP contribution in [0, 0.1) is 0 Å². The van der Waals surface area contributed by atoms with E-state index in [-0.39, 0.29) is 5.03 Å². The maximum absolute atomic E-state index is 13.0. The van der Waals surface area contributed by atoms with E-state index in [4.69, 9.17) is 0 Å². The quantitative estimate of drug-likeness (QED) is 0.714. The molecule has 9 heteroatoms. The maximum atomic E-state index is 13.0. The van der Waals surface area contributed by atoms with Crippen LogP contribution >= 0.6 is 0 Å². The van der Waals surface area contributed by atoms with Gasteiger partial charge in [-0.2, -0.15) is 18.5 Å². The predicted octanol–water partition coefficient (Wildman–Crippen LogP) is 1.28. The summed E-state index contributed by atoms with van der Waals surface area (Å²) in [4.78, 5) is 4.48. The Balaban J connectivity index is 1.80. The number of hydrogen-bond acceptors (Lipinski definition) is 5. The van der Waals surface area contributed by atoms with E-state index in [0.29, 0.717) is 31.3 Å². The van der Waals surface area contributed by atoms with Gasteiger partial charge >= 0.3 is 0 Å². The first-order valence-corrected chi connectivity index (χ1v) is 9.02. The van der Waals surface area contributed by atoms with Gasteiger partial charge in [0, 0.05) is 25.7 Å². The van der Waals surface area contributed by atoms with Crippen molar-refractivity contribution in [2.75, 3.05) is 10.8 Å². The molecule has 1 aliphatic heterocycles. The molecule has 0 aliphatic carbocycles. The van der Waals surface area contributed by atoms with E-state index in [1.807, 2.05) is 30.3 Å². The van der Waals surface area contributed by atoms with Crippen molar-refractivity contribution in [3.63, 3.8) is 0 Å². The van der Waals surface area contributed by atoms with Crippen molar-refractivity contribution in [2.45, 2.75) is 18.0 Å². The number of anilines is 1. The van der Waals surface area contributed by atoms with E-state index in [9.17, 15) is 8.42 Å². The summed E-state index contributed by atoms with van der Waals surface area (Å²) in [5.41, 5.74) is 0.859. The van der Waals surface area contributed by atoms with Gasteiger partial charge in [-0.1, -0.05) is 30.3 Å². The molecule has 1 aromatic carbocycles. The van der Waals surface area contributed by atoms with Crippen LogP contribution in [0.15, 0.2) is 47.6 Å². The molecular weight excluding hydrogens is 328 g/mol. The lowest BCUT2D eigenvalue weighted by Crippen LogP contribution is -2.38. The number of fused-ring (bicyclic) bond motifs is 1. The predicted molar refractivity (Wildman–Crippen MR) is 87.8 cm³/mol. The van der Waals surface area contributed by atoms with E-state index in [0.717, 1.165) is 5.56 Å². The Labute approximate surface area is 139 Å². The number of nitrogens with zero attached hydrogens (tertiary/aromatic N) is 6. The highest BCUT2D eigenvalue weighted by atomic mass is 32.2. The second kappa shape index (κ2) is 5.45. The molecule has 0 atom stereocenters. The molecule has 2 aromatic heterocycles. The molecule has 0 saturated heterocycles. The average molecular weight is 344 g/mol. The molecule has 0 unspecified atom stereocenters. The average Bonchev–Trinajstić information content (AvgIpc) is 3.21. The van der Waals surface area contributed by atoms with Gasteiger partial charge in [-0.15, -0.1) is 5.10 Å². The van der Waals surface area contributed by atoms with Gasteiger partial charge in [0.2, 0.25) is 5.95 Å². The minimum atomic E-state index is -3.72. The third kappa shape index (κ3) is 2.28. The number of benzene rings is 1. The fourth-order valence-corrected chi connectivity index (χ4v) is 4.36. The molecule has 4 rings (SSSR count). The van der Waals surface area contributed by atoms with Crippen molar-refractivity contribution in [2.24, 2.45) is 7.05 Å². The molecule has 0 spiro atoms. The van der Waals surface area contributed by atoms with Crippen LogP contribution in [0.5, 0.6) is 0 Å². The molecule has 0 radical (unpaired) electrons. The number of rotatable bonds is 3. The van der Waals surface area contributed by atoms with Crippen LogP contribution in [0.25, 0.3) is 11.4 Å². The SMILES string of the molecule is Cn1nccc1S(=O)(=O)N1CCCn2nc(-c3ccccc3)nc21. The summed E-state index contributed by atoms with van der Waals surface area (Å²) < 4.78 is 30.2. The highest BCUT2D eigenvalue weighted by molar-refractivity contribution is 7.92. The van der Waals surface area contributed by atoms with E-state index in [1.54, 1.807) is 11.7 Å². The topological polar surface area (TPSA) is 85.9 Å². The zero-order chi connectivity index (χ0) is 16.7. The lowest BCUT2D eigenvalue weighted by atomic mass is 10.2. The monoisotopic (exact) mass is 344 g/mol. The summed E-state index contributed by atoms with van der Waals surface area (Å²) >= 11 is 0. The van der Waals surface area contributed by atoms with Gasteiger partial charge in [0.15, 0.2) is 10.9 Å². The Morgan fingerprint density at radius 3 is 2.58 bits per heavy atom. The molecule has 0 bridgehead atoms. The van der Waals surface area contributed by atoms with Crippen LogP contribution in [-0.4, -0.2) is 39.5 Å². The molecule has 0 saturated carbocycles. The summed E-state index contributed by atoms with van der Waals surface area (Å²) in [6, 6.07) is 11.0. The first kappa shape index (κ1) is 14.9. The summed E-state index contributed by atoms with van der Waals surface area (Å²) in [7, 11) is -2.11. The molecule has 3 aromatic rings. The summed E-state index contributed by atoms with van der Waals surface area (Å²) in [5.74, 6) is 0.874. The Morgan fingerprint density at radius 2 is 1.88 bits per heavy atom. The van der Waals surface area contributed by atoms with Gasteiger partial charge < -0.3 is 0 Å². The minimum absolute atomic E-state index is 0.139. The van der Waals surface area contributed by atoms with Gasteiger partial charge in [-0.3, -0.25) is 4.68 Å². The fraction of sp³-hybridized carbons (Fsp3) is 0.267. The van der Waals surface area contributed by atoms with Crippen molar-refractivity contribution >= 4 is 16.0 Å². The van der Waals surface area contributed by atoms with Gasteiger partial charge in [-0.05, 0) is 12.5 Å².